The predicted molar refractivity (Wildman–Crippen MR) is 351 cm³/mol. The van der Waals surface area contributed by atoms with Crippen LogP contribution in [0.25, 0.3) is 0 Å². The van der Waals surface area contributed by atoms with Gasteiger partial charge in [0.2, 0.25) is 47.3 Å². The van der Waals surface area contributed by atoms with Crippen LogP contribution in [0.1, 0.15) is 221 Å². The summed E-state index contributed by atoms with van der Waals surface area (Å²) in [5.41, 5.74) is 1.17. The van der Waals surface area contributed by atoms with Gasteiger partial charge in [0.15, 0.2) is 0 Å². The van der Waals surface area contributed by atoms with E-state index in [0.29, 0.717) is 12.8 Å². The molecule has 0 saturated carbocycles. The second-order valence-corrected chi connectivity index (χ2v) is 30.1. The Labute approximate surface area is 546 Å². The van der Waals surface area contributed by atoms with Crippen LogP contribution in [0.4, 0.5) is 9.59 Å². The minimum Gasteiger partial charge on any atom is -0.444 e. The summed E-state index contributed by atoms with van der Waals surface area (Å²) in [6.07, 6.45) is 8.82. The third kappa shape index (κ3) is 20.6. The summed E-state index contributed by atoms with van der Waals surface area (Å²) in [5.74, 6) is -3.19. The first-order chi connectivity index (χ1) is 42.9. The Morgan fingerprint density at radius 3 is 1.17 bits per heavy atom. The summed E-state index contributed by atoms with van der Waals surface area (Å²) < 4.78 is 11.0. The van der Waals surface area contributed by atoms with Crippen molar-refractivity contribution in [2.45, 2.75) is 271 Å². The number of nitrogens with zero attached hydrogens (tertiary/aromatic N) is 4. The van der Waals surface area contributed by atoms with E-state index in [1.807, 2.05) is 77.9 Å². The molecule has 2 aliphatic heterocycles. The first kappa shape index (κ1) is 73.8. The highest BCUT2D eigenvalue weighted by atomic mass is 16.6. The molecular weight excluding hydrogens is 1170 g/mol. The molecule has 2 aromatic rings. The van der Waals surface area contributed by atoms with E-state index in [-0.39, 0.29) is 74.5 Å². The molecule has 2 saturated heterocycles. The number of carbonyl (C=O) groups is 10. The number of rotatable bonds is 23. The van der Waals surface area contributed by atoms with Crippen LogP contribution in [0, 0.1) is 10.8 Å². The van der Waals surface area contributed by atoms with Gasteiger partial charge >= 0.3 is 12.2 Å². The molecule has 10 amide bonds. The topological polar surface area (TPSA) is 274 Å². The van der Waals surface area contributed by atoms with Gasteiger partial charge in [0.1, 0.15) is 47.5 Å². The summed E-state index contributed by atoms with van der Waals surface area (Å²) in [6.45, 7) is 24.5. The summed E-state index contributed by atoms with van der Waals surface area (Å²) >= 11 is 0. The van der Waals surface area contributed by atoms with Gasteiger partial charge in [-0.3, -0.25) is 48.2 Å². The van der Waals surface area contributed by atoms with Crippen molar-refractivity contribution in [2.75, 3.05) is 27.2 Å². The van der Waals surface area contributed by atoms with Gasteiger partial charge < -0.3 is 51.2 Å². The molecule has 2 aromatic carbocycles. The number of fused-ring (bicyclic) bond motifs is 2. The highest BCUT2D eigenvalue weighted by molar-refractivity contribution is 5.96. The molecule has 510 valence electrons. The van der Waals surface area contributed by atoms with Crippen molar-refractivity contribution >= 4 is 59.4 Å². The van der Waals surface area contributed by atoms with Gasteiger partial charge in [-0.1, -0.05) is 116 Å². The normalized spacial score (nSPS) is 21.2. The first-order valence-electron chi connectivity index (χ1n) is 33.4. The minimum atomic E-state index is -1.10. The molecule has 6 N–H and O–H groups in total. The number of unbranched alkanes of at least 4 members (excludes halogenated alkanes) is 5. The molecule has 10 atom stereocenters. The quantitative estimate of drug-likeness (QED) is 0.0574. The minimum absolute atomic E-state index is 0.0466. The molecule has 0 bridgehead atoms. The van der Waals surface area contributed by atoms with Crippen LogP contribution in [0.15, 0.2) is 48.5 Å². The van der Waals surface area contributed by atoms with E-state index < -0.39 is 106 Å². The zero-order chi connectivity index (χ0) is 68.2. The molecule has 22 heteroatoms. The van der Waals surface area contributed by atoms with Gasteiger partial charge in [0, 0.05) is 52.1 Å². The SMILES string of the molecule is C[C@@H](C(=O)N[C@H](C(=O)N1C[C@@H](NC(=O)CCCCCCCCC(=O)N[C@H]2C[C@@H](C(=O)N[C@@H]3CCCc4ccccc43)N(C(=O)[C@@H](NC(=O)[C@H](C)N(C)C(=O)OC(C)(C)C)C(C)(C)C)C2)C[C@H]1C(=O)N[C@@H]1CCCc2ccccc21)C(C)(C)C)N(C)C(=O)OC(C)(C)C. The third-order valence-electron chi connectivity index (χ3n) is 18.0. The summed E-state index contributed by atoms with van der Waals surface area (Å²) in [7, 11) is 2.92. The molecule has 0 unspecified atom stereocenters. The molecule has 0 spiro atoms. The Kier molecular flexibility index (Phi) is 25.3. The predicted octanol–water partition coefficient (Wildman–Crippen LogP) is 8.24. The summed E-state index contributed by atoms with van der Waals surface area (Å²) in [6, 6.07) is 8.36. The van der Waals surface area contributed by atoms with Crippen molar-refractivity contribution in [2.24, 2.45) is 10.8 Å². The van der Waals surface area contributed by atoms with Crippen molar-refractivity contribution in [3.8, 4) is 0 Å². The van der Waals surface area contributed by atoms with E-state index in [4.69, 9.17) is 9.47 Å². The van der Waals surface area contributed by atoms with Crippen molar-refractivity contribution in [3.63, 3.8) is 0 Å². The molecule has 0 aromatic heterocycles. The molecule has 92 heavy (non-hydrogen) atoms. The number of likely N-dealkylation sites (tertiary alicyclic amines) is 2. The van der Waals surface area contributed by atoms with Crippen LogP contribution in [0.2, 0.25) is 0 Å². The Morgan fingerprint density at radius 2 is 0.837 bits per heavy atom. The lowest BCUT2D eigenvalue weighted by Gasteiger charge is -2.37. The third-order valence-corrected chi connectivity index (χ3v) is 18.0. The van der Waals surface area contributed by atoms with E-state index in [9.17, 15) is 47.9 Å². The maximum absolute atomic E-state index is 14.9. The number of carbonyl (C=O) groups excluding carboxylic acids is 10. The molecule has 6 rings (SSSR count). The van der Waals surface area contributed by atoms with Gasteiger partial charge in [-0.15, -0.1) is 0 Å². The Bertz CT molecular complexity index is 2770. The number of hydrogen-bond donors (Lipinski definition) is 6. The number of ether oxygens (including phenoxy) is 2. The number of nitrogens with one attached hydrogen (secondary N) is 6. The molecule has 0 radical (unpaired) electrons. The van der Waals surface area contributed by atoms with E-state index in [0.717, 1.165) is 86.5 Å². The highest BCUT2D eigenvalue weighted by Gasteiger charge is 2.49. The zero-order valence-corrected chi connectivity index (χ0v) is 57.8. The number of hydrogen-bond acceptors (Lipinski definition) is 12. The lowest BCUT2D eigenvalue weighted by atomic mass is 9.85. The second-order valence-electron chi connectivity index (χ2n) is 30.1. The van der Waals surface area contributed by atoms with Crippen molar-refractivity contribution in [1.82, 2.24) is 51.5 Å². The molecule has 2 heterocycles. The van der Waals surface area contributed by atoms with Gasteiger partial charge in [-0.2, -0.15) is 0 Å². The van der Waals surface area contributed by atoms with E-state index >= 15 is 0 Å². The maximum Gasteiger partial charge on any atom is 0.410 e. The lowest BCUT2D eigenvalue weighted by Crippen LogP contribution is -2.60. The average Bonchev–Trinajstić information content (AvgIpc) is 1.57. The Hall–Kier alpha value is -7.26. The second kappa shape index (κ2) is 31.6. The smallest absolute Gasteiger partial charge is 0.410 e. The summed E-state index contributed by atoms with van der Waals surface area (Å²) in [4.78, 5) is 145. The zero-order valence-electron chi connectivity index (χ0n) is 57.8. The molecule has 2 aliphatic carbocycles. The standard InChI is InChI=1S/C70H108N10O12/c1-43(77(15)65(89)91-69(9,10)11)59(83)75-57(67(3,4)5)63(87)79-41-47(39-53(79)61(85)73-51-35-27-31-45-29-23-25-33-49(45)51)71-55(81)37-21-19-17-18-20-22-38-56(82)72-48-40-54(62(86)74-52-36-28-32-46-30-24-26-34-50(46)52)80(42-48)64(88)58(68(6,7)8)76-60(84)44(2)78(16)66(90)92-70(12,13)14/h23-26,29-30,33-34,43-44,47-48,51-54,57-58H,17-22,27-28,31-32,35-42H2,1-16H3,(H,71,81)(H,72,82)(H,73,85)(H,74,86)(H,75,83)(H,76,84)/t43-,44-,47-,48-,51+,52+,53-,54-,57+,58+/m0/s1. The maximum atomic E-state index is 14.9. The summed E-state index contributed by atoms with van der Waals surface area (Å²) in [5, 5.41) is 18.5. The van der Waals surface area contributed by atoms with Gasteiger partial charge in [0.05, 0.1) is 12.1 Å². The number of likely N-dealkylation sites (N-methyl/N-ethyl adjacent to an activating group) is 2. The van der Waals surface area contributed by atoms with Gasteiger partial charge in [0.25, 0.3) is 0 Å². The highest BCUT2D eigenvalue weighted by Crippen LogP contribution is 2.34. The van der Waals surface area contributed by atoms with E-state index in [1.54, 1.807) is 55.4 Å². The van der Waals surface area contributed by atoms with Crippen LogP contribution < -0.4 is 31.9 Å². The van der Waals surface area contributed by atoms with Crippen molar-refractivity contribution in [3.05, 3.63) is 70.8 Å². The monoisotopic (exact) mass is 1280 g/mol. The number of amides is 10. The fourth-order valence-electron chi connectivity index (χ4n) is 12.6. The molecule has 22 nitrogen and oxygen atoms in total. The fourth-order valence-corrected chi connectivity index (χ4v) is 12.6. The average molecular weight is 1280 g/mol. The largest absolute Gasteiger partial charge is 0.444 e. The van der Waals surface area contributed by atoms with Crippen molar-refractivity contribution < 1.29 is 57.4 Å². The number of aryl methyl sites for hydroxylation is 2. The Balaban J connectivity index is 1.02. The van der Waals surface area contributed by atoms with Crippen LogP contribution in [0.3, 0.4) is 0 Å². The molecule has 4 aliphatic rings. The first-order valence-corrected chi connectivity index (χ1v) is 33.4. The van der Waals surface area contributed by atoms with Gasteiger partial charge in [-0.25, -0.2) is 9.59 Å². The Morgan fingerprint density at radius 1 is 0.500 bits per heavy atom. The van der Waals surface area contributed by atoms with Crippen LogP contribution in [-0.4, -0.2) is 166 Å². The van der Waals surface area contributed by atoms with E-state index in [1.165, 1.54) is 33.7 Å². The molecule has 2 fully saturated rings. The van der Waals surface area contributed by atoms with E-state index in [2.05, 4.69) is 44.0 Å². The van der Waals surface area contributed by atoms with Crippen LogP contribution >= 0.6 is 0 Å². The van der Waals surface area contributed by atoms with Crippen LogP contribution in [0.5, 0.6) is 0 Å². The fraction of sp³-hybridized carbons (Fsp3) is 0.686. The van der Waals surface area contributed by atoms with Crippen molar-refractivity contribution in [1.29, 1.82) is 0 Å². The lowest BCUT2D eigenvalue weighted by molar-refractivity contribution is -0.144. The van der Waals surface area contributed by atoms with Crippen LogP contribution in [-0.2, 0) is 60.7 Å². The van der Waals surface area contributed by atoms with Gasteiger partial charge in [-0.05, 0) is 153 Å². The molecular formula is C70H108N10O12. The number of benzene rings is 2.